The first-order chi connectivity index (χ1) is 25.5. The first-order valence-corrected chi connectivity index (χ1v) is 17.6. The van der Waals surface area contributed by atoms with Crippen molar-refractivity contribution in [2.75, 3.05) is 6.61 Å². The quantitative estimate of drug-likeness (QED) is 0.139. The zero-order chi connectivity index (χ0) is 35.5. The second-order valence-corrected chi connectivity index (χ2v) is 13.5. The van der Waals surface area contributed by atoms with E-state index in [0.29, 0.717) is 18.5 Å². The molecule has 8 heteroatoms. The number of fused-ring (bicyclic) bond motifs is 3. The van der Waals surface area contributed by atoms with Crippen molar-refractivity contribution >= 4 is 12.0 Å². The topological polar surface area (TPSA) is 109 Å². The molecule has 256 valence electrons. The molecular weight excluding hydrogens is 647 g/mol. The summed E-state index contributed by atoms with van der Waals surface area (Å²) in [5.41, 5.74) is 6.44. The second kappa shape index (κ2) is 13.7. The average Bonchev–Trinajstić information content (AvgIpc) is 3.69. The van der Waals surface area contributed by atoms with E-state index in [2.05, 4.69) is 81.9 Å². The van der Waals surface area contributed by atoms with Gasteiger partial charge in [0.05, 0.1) is 18.1 Å². The third-order valence-electron chi connectivity index (χ3n) is 10.3. The Labute approximate surface area is 302 Å². The van der Waals surface area contributed by atoms with Gasteiger partial charge in [-0.25, -0.2) is 9.78 Å². The summed E-state index contributed by atoms with van der Waals surface area (Å²) in [4.78, 5) is 32.1. The highest BCUT2D eigenvalue weighted by molar-refractivity contribution is 5.87. The lowest BCUT2D eigenvalue weighted by atomic mass is 9.77. The van der Waals surface area contributed by atoms with Gasteiger partial charge < -0.3 is 19.9 Å². The molecule has 0 saturated heterocycles. The van der Waals surface area contributed by atoms with Crippen LogP contribution in [-0.4, -0.2) is 39.7 Å². The summed E-state index contributed by atoms with van der Waals surface area (Å²) in [7, 11) is 0. The predicted octanol–water partition coefficient (Wildman–Crippen LogP) is 7.35. The van der Waals surface area contributed by atoms with Crippen LogP contribution in [0.1, 0.15) is 52.3 Å². The summed E-state index contributed by atoms with van der Waals surface area (Å²) >= 11 is 0. The highest BCUT2D eigenvalue weighted by atomic mass is 16.5. The molecule has 0 bridgehead atoms. The molecule has 1 saturated carbocycles. The van der Waals surface area contributed by atoms with E-state index >= 15 is 0 Å². The number of benzene rings is 5. The standard InChI is InChI=1S/C44H37N5O3/c45-29-43(24-25-43)48-41(50)40(47-42(51)52-28-39-37-22-12-10-20-35(37)36-21-11-13-23-38(36)39)26-34-27-49(30-46-34)44(31-14-4-1-5-15-31,32-16-6-2-7-17-32)33-18-8-3-9-19-33/h1-23,27,30,39-40H,24-26,28H2,(H,47,51)(H,48,50)/t40-/m0/s1. The van der Waals surface area contributed by atoms with Crippen molar-refractivity contribution in [1.29, 1.82) is 5.26 Å². The Morgan fingerprint density at radius 1 is 0.788 bits per heavy atom. The van der Waals surface area contributed by atoms with Crippen LogP contribution in [0.15, 0.2) is 152 Å². The summed E-state index contributed by atoms with van der Waals surface area (Å²) in [6.45, 7) is 0.110. The van der Waals surface area contributed by atoms with Crippen molar-refractivity contribution in [2.45, 2.75) is 42.3 Å². The lowest BCUT2D eigenvalue weighted by molar-refractivity contribution is -0.123. The number of imidazole rings is 1. The van der Waals surface area contributed by atoms with Gasteiger partial charge in [0.25, 0.3) is 0 Å². The number of nitrogens with one attached hydrogen (secondary N) is 2. The molecule has 2 aliphatic carbocycles. The Morgan fingerprint density at radius 3 is 1.79 bits per heavy atom. The molecule has 0 spiro atoms. The zero-order valence-corrected chi connectivity index (χ0v) is 28.5. The molecule has 1 heterocycles. The number of nitrogens with zero attached hydrogens (tertiary/aromatic N) is 3. The fraction of sp³-hybridized carbons (Fsp3) is 0.182. The molecule has 2 amide bonds. The maximum absolute atomic E-state index is 13.8. The minimum Gasteiger partial charge on any atom is -0.449 e. The molecule has 1 fully saturated rings. The third-order valence-corrected chi connectivity index (χ3v) is 10.3. The number of nitriles is 1. The fourth-order valence-corrected chi connectivity index (χ4v) is 7.55. The van der Waals surface area contributed by atoms with Crippen LogP contribution in [-0.2, 0) is 21.5 Å². The van der Waals surface area contributed by atoms with Crippen molar-refractivity contribution in [2.24, 2.45) is 0 Å². The highest BCUT2D eigenvalue weighted by Gasteiger charge is 2.46. The van der Waals surface area contributed by atoms with Crippen molar-refractivity contribution in [3.05, 3.63) is 186 Å². The molecule has 2 N–H and O–H groups in total. The van der Waals surface area contributed by atoms with Gasteiger partial charge in [0, 0.05) is 18.5 Å². The monoisotopic (exact) mass is 683 g/mol. The maximum Gasteiger partial charge on any atom is 0.407 e. The molecule has 0 unspecified atom stereocenters. The molecule has 0 aliphatic heterocycles. The number of hydrogen-bond donors (Lipinski definition) is 2. The smallest absolute Gasteiger partial charge is 0.407 e. The summed E-state index contributed by atoms with van der Waals surface area (Å²) in [5.74, 6) is -0.584. The summed E-state index contributed by atoms with van der Waals surface area (Å²) < 4.78 is 7.91. The van der Waals surface area contributed by atoms with Crippen LogP contribution in [0.25, 0.3) is 11.1 Å². The maximum atomic E-state index is 13.8. The van der Waals surface area contributed by atoms with Crippen molar-refractivity contribution < 1.29 is 14.3 Å². The highest BCUT2D eigenvalue weighted by Crippen LogP contribution is 2.45. The molecule has 5 aromatic carbocycles. The molecule has 8 nitrogen and oxygen atoms in total. The van der Waals surface area contributed by atoms with Gasteiger partial charge in [-0.3, -0.25) is 4.79 Å². The van der Waals surface area contributed by atoms with Gasteiger partial charge in [0.15, 0.2) is 0 Å². The number of aromatic nitrogens is 2. The van der Waals surface area contributed by atoms with Gasteiger partial charge >= 0.3 is 6.09 Å². The normalized spacial score (nSPS) is 14.7. The first kappa shape index (κ1) is 32.7. The number of alkyl carbamates (subject to hydrolysis) is 1. The van der Waals surface area contributed by atoms with E-state index in [1.807, 2.05) is 85.1 Å². The Morgan fingerprint density at radius 2 is 1.29 bits per heavy atom. The predicted molar refractivity (Wildman–Crippen MR) is 198 cm³/mol. The van der Waals surface area contributed by atoms with Crippen LogP contribution < -0.4 is 10.6 Å². The number of amides is 2. The van der Waals surface area contributed by atoms with E-state index in [9.17, 15) is 14.9 Å². The van der Waals surface area contributed by atoms with E-state index < -0.39 is 29.1 Å². The van der Waals surface area contributed by atoms with Gasteiger partial charge in [0.2, 0.25) is 5.91 Å². The number of hydrogen-bond acceptors (Lipinski definition) is 5. The number of carbonyl (C=O) groups excluding carboxylic acids is 2. The largest absolute Gasteiger partial charge is 0.449 e. The summed E-state index contributed by atoms with van der Waals surface area (Å²) in [6.07, 6.45) is 4.21. The van der Waals surface area contributed by atoms with E-state index in [0.717, 1.165) is 38.9 Å². The molecule has 8 rings (SSSR count). The molecule has 6 aromatic rings. The molecule has 0 radical (unpaired) electrons. The Hall–Kier alpha value is -6.46. The van der Waals surface area contributed by atoms with Crippen LogP contribution in [0.3, 0.4) is 0 Å². The molecule has 2 aliphatic rings. The molecule has 1 atom stereocenters. The zero-order valence-electron chi connectivity index (χ0n) is 28.5. The van der Waals surface area contributed by atoms with E-state index in [-0.39, 0.29) is 18.9 Å². The van der Waals surface area contributed by atoms with Crippen molar-refractivity contribution in [3.63, 3.8) is 0 Å². The molecular formula is C44H37N5O3. The van der Waals surface area contributed by atoms with E-state index in [1.54, 1.807) is 6.33 Å². The average molecular weight is 684 g/mol. The lowest BCUT2D eigenvalue weighted by Crippen LogP contribution is -2.51. The summed E-state index contributed by atoms with van der Waals surface area (Å²) in [5, 5.41) is 15.4. The van der Waals surface area contributed by atoms with Gasteiger partial charge in [-0.2, -0.15) is 5.26 Å². The van der Waals surface area contributed by atoms with Crippen LogP contribution >= 0.6 is 0 Å². The third kappa shape index (κ3) is 6.01. The summed E-state index contributed by atoms with van der Waals surface area (Å²) in [6, 6.07) is 48.2. The van der Waals surface area contributed by atoms with Gasteiger partial charge in [-0.1, -0.05) is 140 Å². The second-order valence-electron chi connectivity index (χ2n) is 13.5. The van der Waals surface area contributed by atoms with Gasteiger partial charge in [0.1, 0.15) is 23.7 Å². The van der Waals surface area contributed by atoms with Crippen molar-refractivity contribution in [3.8, 4) is 17.2 Å². The minimum atomic E-state index is -1.04. The number of rotatable bonds is 11. The first-order valence-electron chi connectivity index (χ1n) is 17.6. The SMILES string of the molecule is N#CC1(NC(=O)[C@H](Cc2cn(C(c3ccccc3)(c3ccccc3)c3ccccc3)cn2)NC(=O)OCC2c3ccccc3-c3ccccc32)CC1. The molecule has 52 heavy (non-hydrogen) atoms. The Kier molecular flexibility index (Phi) is 8.61. The van der Waals surface area contributed by atoms with Crippen LogP contribution in [0.2, 0.25) is 0 Å². The number of carbonyl (C=O) groups is 2. The lowest BCUT2D eigenvalue weighted by Gasteiger charge is -2.37. The Balaban J connectivity index is 1.09. The fourth-order valence-electron chi connectivity index (χ4n) is 7.55. The van der Waals surface area contributed by atoms with Crippen LogP contribution in [0.4, 0.5) is 4.79 Å². The van der Waals surface area contributed by atoms with Crippen molar-refractivity contribution in [1.82, 2.24) is 20.2 Å². The van der Waals surface area contributed by atoms with Gasteiger partial charge in [-0.15, -0.1) is 0 Å². The van der Waals surface area contributed by atoms with Crippen LogP contribution in [0.5, 0.6) is 0 Å². The minimum absolute atomic E-state index is 0.0823. The van der Waals surface area contributed by atoms with Gasteiger partial charge in [-0.05, 0) is 51.8 Å². The Bertz CT molecular complexity index is 2120. The van der Waals surface area contributed by atoms with E-state index in [1.165, 1.54) is 0 Å². The molecule has 1 aromatic heterocycles. The van der Waals surface area contributed by atoms with E-state index in [4.69, 9.17) is 9.72 Å². The van der Waals surface area contributed by atoms with Crippen LogP contribution in [0, 0.1) is 11.3 Å². The number of ether oxygens (including phenoxy) is 1.